The molecule has 2 aromatic rings. The SMILES string of the molecule is O=C(O)Cc1scnc1COc1ccccc1. The number of ether oxygens (including phenoxy) is 1. The van der Waals surface area contributed by atoms with Crippen LogP contribution in [0.3, 0.4) is 0 Å². The topological polar surface area (TPSA) is 59.4 Å². The molecule has 0 fully saturated rings. The first-order valence-electron chi connectivity index (χ1n) is 5.06. The van der Waals surface area contributed by atoms with Gasteiger partial charge in [0.15, 0.2) is 0 Å². The smallest absolute Gasteiger partial charge is 0.308 e. The molecule has 0 amide bonds. The van der Waals surface area contributed by atoms with Crippen molar-refractivity contribution in [3.05, 3.63) is 46.4 Å². The molecule has 0 unspecified atom stereocenters. The summed E-state index contributed by atoms with van der Waals surface area (Å²) in [6.07, 6.45) is -0.00184. The van der Waals surface area contributed by atoms with Gasteiger partial charge in [0.25, 0.3) is 0 Å². The normalized spacial score (nSPS) is 10.1. The zero-order valence-corrected chi connectivity index (χ0v) is 9.81. The van der Waals surface area contributed by atoms with Gasteiger partial charge in [-0.2, -0.15) is 0 Å². The monoisotopic (exact) mass is 249 g/mol. The first kappa shape index (κ1) is 11.6. The lowest BCUT2D eigenvalue weighted by atomic mass is 10.3. The number of rotatable bonds is 5. The van der Waals surface area contributed by atoms with E-state index in [1.54, 1.807) is 5.51 Å². The Kier molecular flexibility index (Phi) is 3.72. The van der Waals surface area contributed by atoms with Crippen LogP contribution in [0, 0.1) is 0 Å². The van der Waals surface area contributed by atoms with Gasteiger partial charge < -0.3 is 9.84 Å². The van der Waals surface area contributed by atoms with Crippen molar-refractivity contribution < 1.29 is 14.6 Å². The van der Waals surface area contributed by atoms with E-state index in [4.69, 9.17) is 9.84 Å². The number of para-hydroxylation sites is 1. The Morgan fingerprint density at radius 3 is 2.82 bits per heavy atom. The molecular formula is C12H11NO3S. The molecule has 5 heteroatoms. The number of hydrogen-bond acceptors (Lipinski definition) is 4. The summed E-state index contributed by atoms with van der Waals surface area (Å²) < 4.78 is 5.52. The molecule has 0 spiro atoms. The quantitative estimate of drug-likeness (QED) is 0.883. The van der Waals surface area contributed by atoms with Crippen molar-refractivity contribution in [1.82, 2.24) is 4.98 Å². The lowest BCUT2D eigenvalue weighted by Crippen LogP contribution is -2.04. The summed E-state index contributed by atoms with van der Waals surface area (Å²) >= 11 is 1.34. The standard InChI is InChI=1S/C12H11NO3S/c14-12(15)6-11-10(13-8-17-11)7-16-9-4-2-1-3-5-9/h1-5,8H,6-7H2,(H,14,15). The second-order valence-corrected chi connectivity index (χ2v) is 4.33. The molecule has 0 aliphatic rings. The lowest BCUT2D eigenvalue weighted by molar-refractivity contribution is -0.136. The van der Waals surface area contributed by atoms with Gasteiger partial charge in [-0.15, -0.1) is 11.3 Å². The Morgan fingerprint density at radius 1 is 1.35 bits per heavy atom. The minimum absolute atomic E-state index is 0.00184. The number of thiazole rings is 1. The first-order chi connectivity index (χ1) is 8.25. The van der Waals surface area contributed by atoms with Crippen molar-refractivity contribution in [3.63, 3.8) is 0 Å². The first-order valence-corrected chi connectivity index (χ1v) is 5.94. The van der Waals surface area contributed by atoms with Gasteiger partial charge in [-0.1, -0.05) is 18.2 Å². The molecule has 0 bridgehead atoms. The van der Waals surface area contributed by atoms with Crippen molar-refractivity contribution >= 4 is 17.3 Å². The summed E-state index contributed by atoms with van der Waals surface area (Å²) in [6, 6.07) is 9.38. The van der Waals surface area contributed by atoms with Crippen LogP contribution in [0.4, 0.5) is 0 Å². The average Bonchev–Trinajstić information content (AvgIpc) is 2.74. The van der Waals surface area contributed by atoms with Gasteiger partial charge >= 0.3 is 5.97 Å². The minimum atomic E-state index is -0.852. The molecule has 0 aliphatic heterocycles. The zero-order chi connectivity index (χ0) is 12.1. The highest BCUT2D eigenvalue weighted by Crippen LogP contribution is 2.17. The van der Waals surface area contributed by atoms with Crippen molar-refractivity contribution in [2.75, 3.05) is 0 Å². The fourth-order valence-electron chi connectivity index (χ4n) is 1.36. The number of carboxylic acids is 1. The average molecular weight is 249 g/mol. The van der Waals surface area contributed by atoms with Crippen LogP contribution in [0.25, 0.3) is 0 Å². The van der Waals surface area contributed by atoms with Crippen LogP contribution in [0.15, 0.2) is 35.8 Å². The van der Waals surface area contributed by atoms with Gasteiger partial charge in [0.2, 0.25) is 0 Å². The van der Waals surface area contributed by atoms with Gasteiger partial charge in [-0.05, 0) is 12.1 Å². The molecule has 1 N–H and O–H groups in total. The van der Waals surface area contributed by atoms with Crippen molar-refractivity contribution in [3.8, 4) is 5.75 Å². The summed E-state index contributed by atoms with van der Waals surface area (Å²) in [5, 5.41) is 8.73. The Balaban J connectivity index is 2.00. The molecule has 0 aliphatic carbocycles. The van der Waals surface area contributed by atoms with Crippen LogP contribution in [-0.4, -0.2) is 16.1 Å². The number of nitrogens with zero attached hydrogens (tertiary/aromatic N) is 1. The van der Waals surface area contributed by atoms with Crippen LogP contribution < -0.4 is 4.74 Å². The molecule has 88 valence electrons. The third-order valence-electron chi connectivity index (χ3n) is 2.16. The molecule has 1 heterocycles. The summed E-state index contributed by atoms with van der Waals surface area (Å²) in [5.41, 5.74) is 2.34. The number of hydrogen-bond donors (Lipinski definition) is 1. The third-order valence-corrected chi connectivity index (χ3v) is 3.03. The second-order valence-electron chi connectivity index (χ2n) is 3.39. The molecule has 1 aromatic heterocycles. The van der Waals surface area contributed by atoms with Crippen molar-refractivity contribution in [2.45, 2.75) is 13.0 Å². The van der Waals surface area contributed by atoms with E-state index < -0.39 is 5.97 Å². The number of aliphatic carboxylic acids is 1. The third kappa shape index (κ3) is 3.29. The highest BCUT2D eigenvalue weighted by Gasteiger charge is 2.10. The van der Waals surface area contributed by atoms with E-state index in [1.165, 1.54) is 11.3 Å². The molecule has 1 aromatic carbocycles. The predicted molar refractivity (Wildman–Crippen MR) is 64.2 cm³/mol. The number of carboxylic acid groups (broad SMARTS) is 1. The van der Waals surface area contributed by atoms with E-state index >= 15 is 0 Å². The molecular weight excluding hydrogens is 238 g/mol. The van der Waals surface area contributed by atoms with E-state index in [1.807, 2.05) is 30.3 Å². The molecule has 0 saturated carbocycles. The maximum absolute atomic E-state index is 10.6. The molecule has 2 rings (SSSR count). The van der Waals surface area contributed by atoms with Crippen molar-refractivity contribution in [1.29, 1.82) is 0 Å². The number of aromatic nitrogens is 1. The molecule has 0 saturated heterocycles. The van der Waals surface area contributed by atoms with Crippen molar-refractivity contribution in [2.24, 2.45) is 0 Å². The molecule has 4 nitrogen and oxygen atoms in total. The summed E-state index contributed by atoms with van der Waals surface area (Å²) in [6.45, 7) is 0.302. The number of benzene rings is 1. The minimum Gasteiger partial charge on any atom is -0.487 e. The summed E-state index contributed by atoms with van der Waals surface area (Å²) in [4.78, 5) is 15.5. The maximum atomic E-state index is 10.6. The van der Waals surface area contributed by atoms with Gasteiger partial charge in [-0.3, -0.25) is 4.79 Å². The summed E-state index contributed by atoms with van der Waals surface area (Å²) in [5.74, 6) is -0.100. The molecule has 17 heavy (non-hydrogen) atoms. The predicted octanol–water partition coefficient (Wildman–Crippen LogP) is 2.35. The second kappa shape index (κ2) is 5.45. The van der Waals surface area contributed by atoms with Gasteiger partial charge in [0.05, 0.1) is 17.6 Å². The molecule has 0 radical (unpaired) electrons. The Labute approximate surface area is 103 Å². The van der Waals surface area contributed by atoms with Crippen LogP contribution in [0.1, 0.15) is 10.6 Å². The van der Waals surface area contributed by atoms with Crippen LogP contribution in [0.2, 0.25) is 0 Å². The van der Waals surface area contributed by atoms with Gasteiger partial charge in [0.1, 0.15) is 12.4 Å². The Bertz CT molecular complexity index is 495. The van der Waals surface area contributed by atoms with E-state index in [2.05, 4.69) is 4.98 Å². The fraction of sp³-hybridized carbons (Fsp3) is 0.167. The maximum Gasteiger partial charge on any atom is 0.308 e. The highest BCUT2D eigenvalue weighted by atomic mass is 32.1. The lowest BCUT2D eigenvalue weighted by Gasteiger charge is -2.04. The van der Waals surface area contributed by atoms with Gasteiger partial charge in [-0.25, -0.2) is 4.98 Å². The van der Waals surface area contributed by atoms with Crippen LogP contribution >= 0.6 is 11.3 Å². The van der Waals surface area contributed by atoms with E-state index in [0.717, 1.165) is 10.6 Å². The van der Waals surface area contributed by atoms with E-state index in [-0.39, 0.29) is 6.42 Å². The van der Waals surface area contributed by atoms with Gasteiger partial charge in [0, 0.05) is 4.88 Å². The van der Waals surface area contributed by atoms with E-state index in [9.17, 15) is 4.79 Å². The largest absolute Gasteiger partial charge is 0.487 e. The van der Waals surface area contributed by atoms with E-state index in [0.29, 0.717) is 12.3 Å². The van der Waals surface area contributed by atoms with Crippen LogP contribution in [-0.2, 0) is 17.8 Å². The Hall–Kier alpha value is -1.88. The Morgan fingerprint density at radius 2 is 2.12 bits per heavy atom. The fourth-order valence-corrected chi connectivity index (χ4v) is 2.12. The summed E-state index contributed by atoms with van der Waals surface area (Å²) in [7, 11) is 0. The number of carbonyl (C=O) groups is 1. The zero-order valence-electron chi connectivity index (χ0n) is 9.00. The molecule has 0 atom stereocenters. The van der Waals surface area contributed by atoms with Crippen LogP contribution in [0.5, 0.6) is 5.75 Å². The highest BCUT2D eigenvalue weighted by molar-refractivity contribution is 7.09.